The molecular formula is C15H20F2N2O. The van der Waals surface area contributed by atoms with Crippen molar-refractivity contribution >= 4 is 5.91 Å². The summed E-state index contributed by atoms with van der Waals surface area (Å²) < 4.78 is 25.6. The van der Waals surface area contributed by atoms with Gasteiger partial charge in [-0.15, -0.1) is 0 Å². The number of hydrogen-bond donors (Lipinski definition) is 1. The average molecular weight is 282 g/mol. The molecule has 1 N–H and O–H groups in total. The molecule has 1 aliphatic heterocycles. The molecule has 1 heterocycles. The number of nitrogens with one attached hydrogen (secondary N) is 1. The van der Waals surface area contributed by atoms with E-state index in [-0.39, 0.29) is 5.91 Å². The fourth-order valence-corrected chi connectivity index (χ4v) is 2.61. The van der Waals surface area contributed by atoms with Gasteiger partial charge < -0.3 is 4.90 Å². The summed E-state index contributed by atoms with van der Waals surface area (Å²) in [6, 6.07) is 7.55. The number of hydrogen-bond acceptors (Lipinski definition) is 2. The number of alkyl halides is 2. The van der Waals surface area contributed by atoms with Crippen molar-refractivity contribution in [2.24, 2.45) is 0 Å². The Morgan fingerprint density at radius 3 is 2.60 bits per heavy atom. The standard InChI is InChI=1S/C15H20F2N2O/c1-4-15(3)14(20)19(9-12(16)17)13(18-15)11-8-6-5-7-10(11)2/h5-8,12-13,18H,4,9H2,1-3H3. The van der Waals surface area contributed by atoms with Gasteiger partial charge in [0, 0.05) is 0 Å². The van der Waals surface area contributed by atoms with Crippen molar-refractivity contribution in [2.75, 3.05) is 6.54 Å². The van der Waals surface area contributed by atoms with Crippen molar-refractivity contribution in [2.45, 2.75) is 45.3 Å². The maximum atomic E-state index is 12.8. The maximum absolute atomic E-state index is 12.8. The van der Waals surface area contributed by atoms with E-state index in [1.54, 1.807) is 6.92 Å². The number of amides is 1. The molecule has 3 nitrogen and oxygen atoms in total. The lowest BCUT2D eigenvalue weighted by atomic mass is 9.99. The Bertz CT molecular complexity index is 506. The first-order valence-electron chi connectivity index (χ1n) is 6.81. The van der Waals surface area contributed by atoms with Crippen LogP contribution in [0.15, 0.2) is 24.3 Å². The van der Waals surface area contributed by atoms with Crippen molar-refractivity contribution in [3.8, 4) is 0 Å². The van der Waals surface area contributed by atoms with Crippen molar-refractivity contribution in [3.05, 3.63) is 35.4 Å². The van der Waals surface area contributed by atoms with E-state index in [1.165, 1.54) is 4.90 Å². The predicted molar refractivity (Wildman–Crippen MR) is 73.5 cm³/mol. The summed E-state index contributed by atoms with van der Waals surface area (Å²) in [6.45, 7) is 5.03. The van der Waals surface area contributed by atoms with Gasteiger partial charge in [0.1, 0.15) is 6.17 Å². The van der Waals surface area contributed by atoms with Crippen LogP contribution in [0.5, 0.6) is 0 Å². The number of halogens is 2. The van der Waals surface area contributed by atoms with E-state index in [4.69, 9.17) is 0 Å². The normalized spacial score (nSPS) is 26.6. The van der Waals surface area contributed by atoms with Crippen LogP contribution < -0.4 is 5.32 Å². The number of carbonyl (C=O) groups excluding carboxylic acids is 1. The summed E-state index contributed by atoms with van der Waals surface area (Å²) in [5.41, 5.74) is 1.08. The van der Waals surface area contributed by atoms with E-state index in [9.17, 15) is 13.6 Å². The van der Waals surface area contributed by atoms with E-state index in [0.29, 0.717) is 6.42 Å². The number of aryl methyl sites for hydroxylation is 1. The largest absolute Gasteiger partial charge is 0.316 e. The Balaban J connectivity index is 2.39. The Labute approximate surface area is 118 Å². The minimum Gasteiger partial charge on any atom is -0.316 e. The minimum atomic E-state index is -2.54. The molecule has 1 fully saturated rings. The monoisotopic (exact) mass is 282 g/mol. The van der Waals surface area contributed by atoms with Crippen LogP contribution in [0.25, 0.3) is 0 Å². The average Bonchev–Trinajstić information content (AvgIpc) is 2.65. The first-order chi connectivity index (χ1) is 9.39. The summed E-state index contributed by atoms with van der Waals surface area (Å²) in [4.78, 5) is 13.7. The van der Waals surface area contributed by atoms with E-state index < -0.39 is 24.7 Å². The third-order valence-corrected chi connectivity index (χ3v) is 4.02. The SMILES string of the molecule is CCC1(C)NC(c2ccccc2C)N(CC(F)F)C1=O. The van der Waals surface area contributed by atoms with Gasteiger partial charge >= 0.3 is 0 Å². The third-order valence-electron chi connectivity index (χ3n) is 4.02. The second-order valence-corrected chi connectivity index (χ2v) is 5.44. The van der Waals surface area contributed by atoms with Crippen molar-refractivity contribution in [3.63, 3.8) is 0 Å². The molecule has 0 saturated carbocycles. The van der Waals surface area contributed by atoms with Crippen molar-refractivity contribution in [1.29, 1.82) is 0 Å². The molecule has 2 unspecified atom stereocenters. The molecule has 2 atom stereocenters. The van der Waals surface area contributed by atoms with Gasteiger partial charge in [-0.1, -0.05) is 31.2 Å². The highest BCUT2D eigenvalue weighted by molar-refractivity contribution is 5.88. The van der Waals surface area contributed by atoms with Crippen LogP contribution >= 0.6 is 0 Å². The van der Waals surface area contributed by atoms with Crippen LogP contribution in [0.3, 0.4) is 0 Å². The zero-order chi connectivity index (χ0) is 14.9. The van der Waals surface area contributed by atoms with Gasteiger partial charge in [-0.05, 0) is 31.4 Å². The van der Waals surface area contributed by atoms with E-state index >= 15 is 0 Å². The Kier molecular flexibility index (Phi) is 4.09. The first kappa shape index (κ1) is 14.9. The van der Waals surface area contributed by atoms with Crippen molar-refractivity contribution < 1.29 is 13.6 Å². The van der Waals surface area contributed by atoms with Gasteiger partial charge in [0.05, 0.1) is 12.1 Å². The smallest absolute Gasteiger partial charge is 0.255 e. The van der Waals surface area contributed by atoms with Gasteiger partial charge in [-0.25, -0.2) is 8.78 Å². The summed E-state index contributed by atoms with van der Waals surface area (Å²) in [5, 5.41) is 3.22. The molecular weight excluding hydrogens is 262 g/mol. The lowest BCUT2D eigenvalue weighted by molar-refractivity contribution is -0.134. The molecule has 1 aromatic carbocycles. The Morgan fingerprint density at radius 1 is 1.40 bits per heavy atom. The fraction of sp³-hybridized carbons (Fsp3) is 0.533. The maximum Gasteiger partial charge on any atom is 0.255 e. The number of benzene rings is 1. The number of carbonyl (C=O) groups is 1. The molecule has 0 aromatic heterocycles. The molecule has 2 rings (SSSR count). The molecule has 0 spiro atoms. The Morgan fingerprint density at radius 2 is 2.05 bits per heavy atom. The van der Waals surface area contributed by atoms with Crippen LogP contribution in [-0.2, 0) is 4.79 Å². The van der Waals surface area contributed by atoms with Crippen LogP contribution in [0.4, 0.5) is 8.78 Å². The highest BCUT2D eigenvalue weighted by atomic mass is 19.3. The first-order valence-corrected chi connectivity index (χ1v) is 6.81. The summed E-state index contributed by atoms with van der Waals surface area (Å²) >= 11 is 0. The second kappa shape index (κ2) is 5.48. The lowest BCUT2D eigenvalue weighted by Gasteiger charge is -2.25. The molecule has 1 aliphatic rings. The predicted octanol–water partition coefficient (Wildman–Crippen LogP) is 2.86. The number of rotatable bonds is 4. The van der Waals surface area contributed by atoms with Crippen LogP contribution in [-0.4, -0.2) is 29.3 Å². The lowest BCUT2D eigenvalue weighted by Crippen LogP contribution is -2.43. The van der Waals surface area contributed by atoms with Crippen LogP contribution in [0, 0.1) is 6.92 Å². The molecule has 20 heavy (non-hydrogen) atoms. The summed E-state index contributed by atoms with van der Waals surface area (Å²) in [7, 11) is 0. The third kappa shape index (κ3) is 2.54. The van der Waals surface area contributed by atoms with Crippen LogP contribution in [0.2, 0.25) is 0 Å². The van der Waals surface area contributed by atoms with Gasteiger partial charge in [0.25, 0.3) is 6.43 Å². The van der Waals surface area contributed by atoms with Gasteiger partial charge in [0.15, 0.2) is 0 Å². The molecule has 5 heteroatoms. The Hall–Kier alpha value is -1.49. The zero-order valence-corrected chi connectivity index (χ0v) is 12.0. The van der Waals surface area contributed by atoms with E-state index in [0.717, 1.165) is 11.1 Å². The van der Waals surface area contributed by atoms with E-state index in [2.05, 4.69) is 5.32 Å². The highest BCUT2D eigenvalue weighted by Crippen LogP contribution is 2.34. The van der Waals surface area contributed by atoms with Crippen LogP contribution in [0.1, 0.15) is 37.6 Å². The van der Waals surface area contributed by atoms with Crippen molar-refractivity contribution in [1.82, 2.24) is 10.2 Å². The summed E-state index contributed by atoms with van der Waals surface area (Å²) in [6.07, 6.45) is -2.46. The zero-order valence-electron chi connectivity index (χ0n) is 12.0. The molecule has 0 bridgehead atoms. The van der Waals surface area contributed by atoms with E-state index in [1.807, 2.05) is 38.1 Å². The molecule has 0 aliphatic carbocycles. The molecule has 110 valence electrons. The quantitative estimate of drug-likeness (QED) is 0.921. The molecule has 0 radical (unpaired) electrons. The second-order valence-electron chi connectivity index (χ2n) is 5.44. The number of nitrogens with zero attached hydrogens (tertiary/aromatic N) is 1. The molecule has 1 amide bonds. The highest BCUT2D eigenvalue weighted by Gasteiger charge is 2.48. The minimum absolute atomic E-state index is 0.256. The van der Waals surface area contributed by atoms with Gasteiger partial charge in [-0.2, -0.15) is 0 Å². The molecule has 1 saturated heterocycles. The topological polar surface area (TPSA) is 32.3 Å². The van der Waals surface area contributed by atoms with Gasteiger partial charge in [-0.3, -0.25) is 10.1 Å². The molecule has 1 aromatic rings. The summed E-state index contributed by atoms with van der Waals surface area (Å²) in [5.74, 6) is -0.256. The van der Waals surface area contributed by atoms with Gasteiger partial charge in [0.2, 0.25) is 5.91 Å². The fourth-order valence-electron chi connectivity index (χ4n) is 2.61.